The number of ether oxygens (including phenoxy) is 5. The molecule has 4 rings (SSSR count). The van der Waals surface area contributed by atoms with Gasteiger partial charge in [-0.2, -0.15) is 13.2 Å². The molecule has 3 aromatic rings. The standard InChI is InChI=1S/C27H28F6N4O6/c1-5-40-21-20(38-3)15(2)41-25(22(21)39-4)43-36-23(26(28,29)30)16-6-8-17(9-7-16)24-34-14-37(35-24)18-10-12-19(13-11-18)42-27(31,32)33/h6-15,20-22,25H,5H2,1-4H3/t15-,20-,21+,22+,25-/m0/s1. The predicted molar refractivity (Wildman–Crippen MR) is 138 cm³/mol. The number of hydrogen-bond acceptors (Lipinski definition) is 9. The largest absolute Gasteiger partial charge is 0.573 e. The molecule has 1 aliphatic rings. The highest BCUT2D eigenvalue weighted by atomic mass is 19.4. The van der Waals surface area contributed by atoms with Crippen molar-refractivity contribution < 1.29 is 54.9 Å². The van der Waals surface area contributed by atoms with Crippen LogP contribution in [0.1, 0.15) is 19.4 Å². The van der Waals surface area contributed by atoms with E-state index in [-0.39, 0.29) is 11.4 Å². The van der Waals surface area contributed by atoms with E-state index in [0.717, 1.165) is 12.1 Å². The zero-order valence-corrected chi connectivity index (χ0v) is 23.3. The summed E-state index contributed by atoms with van der Waals surface area (Å²) in [6.07, 6.45) is -12.5. The third kappa shape index (κ3) is 7.81. The Hall–Kier alpha value is -3.73. The van der Waals surface area contributed by atoms with Crippen LogP contribution in [0.15, 0.2) is 60.0 Å². The average molecular weight is 619 g/mol. The average Bonchev–Trinajstić information content (AvgIpc) is 3.43. The van der Waals surface area contributed by atoms with Gasteiger partial charge in [0.15, 0.2) is 17.6 Å². The topological polar surface area (TPSA) is 98.5 Å². The highest BCUT2D eigenvalue weighted by Crippen LogP contribution is 2.30. The molecule has 2 heterocycles. The molecule has 1 aliphatic heterocycles. The van der Waals surface area contributed by atoms with E-state index in [2.05, 4.69) is 20.0 Å². The molecule has 0 N–H and O–H groups in total. The van der Waals surface area contributed by atoms with Crippen molar-refractivity contribution in [2.75, 3.05) is 20.8 Å². The number of methoxy groups -OCH3 is 2. The highest BCUT2D eigenvalue weighted by molar-refractivity contribution is 6.04. The normalized spacial score (nSPS) is 23.3. The zero-order chi connectivity index (χ0) is 31.4. The predicted octanol–water partition coefficient (Wildman–Crippen LogP) is 5.30. The van der Waals surface area contributed by atoms with E-state index >= 15 is 0 Å². The van der Waals surface area contributed by atoms with Gasteiger partial charge in [0, 0.05) is 32.0 Å². The monoisotopic (exact) mass is 618 g/mol. The van der Waals surface area contributed by atoms with Gasteiger partial charge in [-0.1, -0.05) is 29.4 Å². The van der Waals surface area contributed by atoms with Gasteiger partial charge in [-0.3, -0.25) is 0 Å². The first-order valence-electron chi connectivity index (χ1n) is 12.9. The van der Waals surface area contributed by atoms with Crippen LogP contribution in [-0.2, 0) is 23.8 Å². The second kappa shape index (κ2) is 13.3. The molecule has 0 aliphatic carbocycles. The number of aromatic nitrogens is 3. The van der Waals surface area contributed by atoms with Crippen molar-refractivity contribution in [1.29, 1.82) is 0 Å². The molecule has 0 amide bonds. The minimum atomic E-state index is -4.89. The first-order valence-corrected chi connectivity index (χ1v) is 12.9. The van der Waals surface area contributed by atoms with Crippen LogP contribution in [0, 0.1) is 0 Å². The Labute approximate surface area is 242 Å². The number of alkyl halides is 6. The van der Waals surface area contributed by atoms with E-state index in [9.17, 15) is 26.3 Å². The van der Waals surface area contributed by atoms with Crippen molar-refractivity contribution in [1.82, 2.24) is 14.8 Å². The minimum Gasteiger partial charge on any atom is -0.406 e. The number of benzene rings is 2. The molecule has 1 aromatic heterocycles. The van der Waals surface area contributed by atoms with E-state index in [4.69, 9.17) is 23.8 Å². The summed E-state index contributed by atoms with van der Waals surface area (Å²) in [4.78, 5) is 9.39. The number of oxime groups is 1. The van der Waals surface area contributed by atoms with Gasteiger partial charge < -0.3 is 28.5 Å². The molecular weight excluding hydrogens is 590 g/mol. The van der Waals surface area contributed by atoms with Crippen LogP contribution in [0.4, 0.5) is 26.3 Å². The van der Waals surface area contributed by atoms with E-state index in [0.29, 0.717) is 17.9 Å². The molecular formula is C27H28F6N4O6. The molecule has 0 unspecified atom stereocenters. The molecule has 43 heavy (non-hydrogen) atoms. The molecule has 0 spiro atoms. The van der Waals surface area contributed by atoms with E-state index in [1.54, 1.807) is 13.8 Å². The lowest BCUT2D eigenvalue weighted by molar-refractivity contribution is -0.308. The lowest BCUT2D eigenvalue weighted by atomic mass is 9.99. The van der Waals surface area contributed by atoms with Crippen LogP contribution < -0.4 is 4.74 Å². The van der Waals surface area contributed by atoms with Crippen molar-refractivity contribution in [3.05, 3.63) is 60.4 Å². The maximum absolute atomic E-state index is 14.0. The Kier molecular flexibility index (Phi) is 9.94. The smallest absolute Gasteiger partial charge is 0.406 e. The van der Waals surface area contributed by atoms with Crippen LogP contribution in [0.5, 0.6) is 5.75 Å². The lowest BCUT2D eigenvalue weighted by Crippen LogP contribution is -2.59. The summed E-state index contributed by atoms with van der Waals surface area (Å²) >= 11 is 0. The van der Waals surface area contributed by atoms with Crippen LogP contribution in [0.3, 0.4) is 0 Å². The van der Waals surface area contributed by atoms with Gasteiger partial charge in [-0.25, -0.2) is 9.67 Å². The second-order valence-electron chi connectivity index (χ2n) is 9.21. The van der Waals surface area contributed by atoms with Crippen molar-refractivity contribution >= 4 is 5.71 Å². The molecule has 0 saturated carbocycles. The Morgan fingerprint density at radius 2 is 1.58 bits per heavy atom. The molecule has 10 nitrogen and oxygen atoms in total. The summed E-state index contributed by atoms with van der Waals surface area (Å²) in [5.41, 5.74) is -0.863. The van der Waals surface area contributed by atoms with Gasteiger partial charge in [0.25, 0.3) is 6.29 Å². The Morgan fingerprint density at radius 1 is 0.930 bits per heavy atom. The Bertz CT molecular complexity index is 1360. The maximum atomic E-state index is 14.0. The molecule has 234 valence electrons. The quantitative estimate of drug-likeness (QED) is 0.172. The third-order valence-corrected chi connectivity index (χ3v) is 6.39. The van der Waals surface area contributed by atoms with Crippen LogP contribution >= 0.6 is 0 Å². The summed E-state index contributed by atoms with van der Waals surface area (Å²) in [6.45, 7) is 3.72. The Morgan fingerprint density at radius 3 is 2.14 bits per heavy atom. The van der Waals surface area contributed by atoms with Gasteiger partial charge in [-0.15, -0.1) is 18.3 Å². The van der Waals surface area contributed by atoms with Gasteiger partial charge in [0.05, 0.1) is 11.8 Å². The van der Waals surface area contributed by atoms with Crippen molar-refractivity contribution in [3.8, 4) is 22.8 Å². The van der Waals surface area contributed by atoms with E-state index in [1.165, 1.54) is 61.6 Å². The minimum absolute atomic E-state index is 0.158. The fraction of sp³-hybridized carbons (Fsp3) is 0.444. The van der Waals surface area contributed by atoms with E-state index < -0.39 is 54.7 Å². The van der Waals surface area contributed by atoms with Crippen molar-refractivity contribution in [2.24, 2.45) is 5.16 Å². The highest BCUT2D eigenvalue weighted by Gasteiger charge is 2.48. The van der Waals surface area contributed by atoms with Crippen molar-refractivity contribution in [3.63, 3.8) is 0 Å². The second-order valence-corrected chi connectivity index (χ2v) is 9.21. The van der Waals surface area contributed by atoms with Crippen LogP contribution in [0.25, 0.3) is 17.1 Å². The van der Waals surface area contributed by atoms with Gasteiger partial charge >= 0.3 is 12.5 Å². The number of halogens is 6. The summed E-state index contributed by atoms with van der Waals surface area (Å²) in [5, 5.41) is 7.67. The van der Waals surface area contributed by atoms with Crippen LogP contribution in [0.2, 0.25) is 0 Å². The zero-order valence-electron chi connectivity index (χ0n) is 23.3. The molecule has 1 fully saturated rings. The van der Waals surface area contributed by atoms with Crippen LogP contribution in [-0.4, -0.2) is 84.5 Å². The van der Waals surface area contributed by atoms with Gasteiger partial charge in [0.2, 0.25) is 0 Å². The Balaban J connectivity index is 1.52. The third-order valence-electron chi connectivity index (χ3n) is 6.39. The molecule has 0 radical (unpaired) electrons. The van der Waals surface area contributed by atoms with Crippen molar-refractivity contribution in [2.45, 2.75) is 57.1 Å². The summed E-state index contributed by atoms with van der Waals surface area (Å²) in [5.74, 6) is -0.250. The number of rotatable bonds is 10. The number of hydrogen-bond donors (Lipinski definition) is 0. The summed E-state index contributed by atoms with van der Waals surface area (Å²) in [7, 11) is 2.81. The lowest BCUT2D eigenvalue weighted by Gasteiger charge is -2.42. The first kappa shape index (κ1) is 32.2. The molecule has 0 bridgehead atoms. The fourth-order valence-electron chi connectivity index (χ4n) is 4.48. The van der Waals surface area contributed by atoms with Gasteiger partial charge in [0.1, 0.15) is 24.3 Å². The molecule has 5 atom stereocenters. The maximum Gasteiger partial charge on any atom is 0.573 e. The first-order chi connectivity index (χ1) is 20.3. The van der Waals surface area contributed by atoms with E-state index in [1.807, 2.05) is 0 Å². The number of nitrogens with zero attached hydrogens (tertiary/aromatic N) is 4. The fourth-order valence-corrected chi connectivity index (χ4v) is 4.48. The molecule has 2 aromatic carbocycles. The molecule has 1 saturated heterocycles. The summed E-state index contributed by atoms with van der Waals surface area (Å²) in [6, 6.07) is 9.98. The van der Waals surface area contributed by atoms with Gasteiger partial charge in [-0.05, 0) is 38.1 Å². The summed E-state index contributed by atoms with van der Waals surface area (Å²) < 4.78 is 107. The SMILES string of the molecule is CCO[C@@H]1[C@@H](OC)[C@H](C)O[C@@H](ON=C(c2ccc(-c3ncn(-c4ccc(OC(F)(F)F)cc4)n3)cc2)C(F)(F)F)[C@@H]1OC. The molecule has 16 heteroatoms.